The van der Waals surface area contributed by atoms with Crippen LogP contribution in [0.25, 0.3) is 0 Å². The summed E-state index contributed by atoms with van der Waals surface area (Å²) in [6.45, 7) is 7.89. The lowest BCUT2D eigenvalue weighted by atomic mass is 9.75. The minimum Gasteiger partial charge on any atom is -0.311 e. The number of allylic oxidation sites excluding steroid dienone is 1. The lowest BCUT2D eigenvalue weighted by molar-refractivity contribution is 0.201. The fourth-order valence-corrected chi connectivity index (χ4v) is 2.22. The molecule has 1 aliphatic carbocycles. The zero-order valence-corrected chi connectivity index (χ0v) is 9.27. The standard InChI is InChI=1S/C12H23N/c1-4-5-9-13-11-7-6-8-12(2,3)10-11/h4-5,11,13H,6-10H2,1-3H3/b5-4+. The molecule has 1 unspecified atom stereocenters. The van der Waals surface area contributed by atoms with E-state index in [2.05, 4.69) is 38.2 Å². The second kappa shape index (κ2) is 4.80. The van der Waals surface area contributed by atoms with Crippen molar-refractivity contribution in [3.63, 3.8) is 0 Å². The Hall–Kier alpha value is -0.300. The van der Waals surface area contributed by atoms with E-state index in [1.807, 2.05) is 0 Å². The fraction of sp³-hybridized carbons (Fsp3) is 0.833. The SMILES string of the molecule is C/C=C/CNC1CCCC(C)(C)C1. The zero-order valence-electron chi connectivity index (χ0n) is 9.27. The average Bonchev–Trinajstić information content (AvgIpc) is 2.03. The zero-order chi connectivity index (χ0) is 9.73. The van der Waals surface area contributed by atoms with E-state index in [9.17, 15) is 0 Å². The highest BCUT2D eigenvalue weighted by Crippen LogP contribution is 2.34. The van der Waals surface area contributed by atoms with Crippen LogP contribution in [0.5, 0.6) is 0 Å². The van der Waals surface area contributed by atoms with E-state index >= 15 is 0 Å². The first-order valence-electron chi connectivity index (χ1n) is 5.48. The van der Waals surface area contributed by atoms with E-state index in [-0.39, 0.29) is 0 Å². The third-order valence-electron chi connectivity index (χ3n) is 2.97. The highest BCUT2D eigenvalue weighted by atomic mass is 14.9. The molecule has 0 bridgehead atoms. The predicted molar refractivity (Wildman–Crippen MR) is 58.9 cm³/mol. The second-order valence-electron chi connectivity index (χ2n) is 4.93. The van der Waals surface area contributed by atoms with Gasteiger partial charge < -0.3 is 5.32 Å². The van der Waals surface area contributed by atoms with Gasteiger partial charge in [-0.1, -0.05) is 32.4 Å². The molecule has 0 saturated heterocycles. The maximum Gasteiger partial charge on any atom is 0.0137 e. The summed E-state index contributed by atoms with van der Waals surface area (Å²) in [6.07, 6.45) is 9.80. The van der Waals surface area contributed by atoms with Gasteiger partial charge in [0.05, 0.1) is 0 Å². The van der Waals surface area contributed by atoms with Crippen molar-refractivity contribution in [3.8, 4) is 0 Å². The van der Waals surface area contributed by atoms with Gasteiger partial charge in [0.2, 0.25) is 0 Å². The van der Waals surface area contributed by atoms with Crippen LogP contribution in [0.1, 0.15) is 46.5 Å². The molecule has 0 heterocycles. The van der Waals surface area contributed by atoms with E-state index in [0.29, 0.717) is 5.41 Å². The van der Waals surface area contributed by atoms with Crippen LogP contribution in [0.2, 0.25) is 0 Å². The molecular formula is C12H23N. The summed E-state index contributed by atoms with van der Waals surface area (Å²) in [5.74, 6) is 0. The molecule has 1 rings (SSSR count). The number of nitrogens with one attached hydrogen (secondary N) is 1. The molecule has 1 aliphatic rings. The molecule has 0 aromatic rings. The molecule has 1 saturated carbocycles. The smallest absolute Gasteiger partial charge is 0.0137 e. The molecule has 1 nitrogen and oxygen atoms in total. The van der Waals surface area contributed by atoms with Crippen LogP contribution in [0.3, 0.4) is 0 Å². The van der Waals surface area contributed by atoms with Gasteiger partial charge in [-0.05, 0) is 31.6 Å². The molecule has 1 heteroatoms. The molecule has 76 valence electrons. The highest BCUT2D eigenvalue weighted by Gasteiger charge is 2.26. The van der Waals surface area contributed by atoms with Gasteiger partial charge in [0.1, 0.15) is 0 Å². The summed E-state index contributed by atoms with van der Waals surface area (Å²) in [5.41, 5.74) is 0.561. The molecule has 0 amide bonds. The number of hydrogen-bond donors (Lipinski definition) is 1. The van der Waals surface area contributed by atoms with Crippen molar-refractivity contribution in [2.75, 3.05) is 6.54 Å². The van der Waals surface area contributed by atoms with Gasteiger partial charge in [-0.2, -0.15) is 0 Å². The van der Waals surface area contributed by atoms with Crippen molar-refractivity contribution in [1.82, 2.24) is 5.32 Å². The summed E-state index contributed by atoms with van der Waals surface area (Å²) < 4.78 is 0. The molecule has 1 N–H and O–H groups in total. The third kappa shape index (κ3) is 3.95. The molecule has 0 radical (unpaired) electrons. The first-order chi connectivity index (χ1) is 6.14. The minimum atomic E-state index is 0.561. The maximum atomic E-state index is 3.59. The molecule has 1 atom stereocenters. The normalized spacial score (nSPS) is 28.1. The van der Waals surface area contributed by atoms with E-state index in [4.69, 9.17) is 0 Å². The van der Waals surface area contributed by atoms with Crippen molar-refractivity contribution in [2.24, 2.45) is 5.41 Å². The lowest BCUT2D eigenvalue weighted by Gasteiger charge is -2.35. The van der Waals surface area contributed by atoms with Crippen molar-refractivity contribution < 1.29 is 0 Å². The third-order valence-corrected chi connectivity index (χ3v) is 2.97. The minimum absolute atomic E-state index is 0.561. The largest absolute Gasteiger partial charge is 0.311 e. The van der Waals surface area contributed by atoms with Gasteiger partial charge in [0, 0.05) is 12.6 Å². The van der Waals surface area contributed by atoms with E-state index in [1.165, 1.54) is 25.7 Å². The van der Waals surface area contributed by atoms with Crippen LogP contribution >= 0.6 is 0 Å². The molecule has 1 fully saturated rings. The summed E-state index contributed by atoms with van der Waals surface area (Å²) >= 11 is 0. The van der Waals surface area contributed by atoms with Gasteiger partial charge in [-0.15, -0.1) is 0 Å². The Labute approximate surface area is 82.6 Å². The maximum absolute atomic E-state index is 3.59. The Morgan fingerprint density at radius 1 is 1.46 bits per heavy atom. The monoisotopic (exact) mass is 181 g/mol. The van der Waals surface area contributed by atoms with Crippen LogP contribution in [-0.4, -0.2) is 12.6 Å². The van der Waals surface area contributed by atoms with Crippen molar-refractivity contribution in [2.45, 2.75) is 52.5 Å². The van der Waals surface area contributed by atoms with Crippen LogP contribution < -0.4 is 5.32 Å². The van der Waals surface area contributed by atoms with Crippen molar-refractivity contribution >= 4 is 0 Å². The van der Waals surface area contributed by atoms with E-state index < -0.39 is 0 Å². The summed E-state index contributed by atoms with van der Waals surface area (Å²) in [6, 6.07) is 0.750. The van der Waals surface area contributed by atoms with Crippen LogP contribution in [0.4, 0.5) is 0 Å². The highest BCUT2D eigenvalue weighted by molar-refractivity contribution is 4.86. The summed E-state index contributed by atoms with van der Waals surface area (Å²) in [5, 5.41) is 3.59. The summed E-state index contributed by atoms with van der Waals surface area (Å²) in [4.78, 5) is 0. The number of rotatable bonds is 3. The molecule has 0 aromatic carbocycles. The first-order valence-corrected chi connectivity index (χ1v) is 5.48. The van der Waals surface area contributed by atoms with Gasteiger partial charge in [0.25, 0.3) is 0 Å². The molecule has 0 aromatic heterocycles. The van der Waals surface area contributed by atoms with Crippen LogP contribution in [-0.2, 0) is 0 Å². The van der Waals surface area contributed by atoms with Crippen molar-refractivity contribution in [3.05, 3.63) is 12.2 Å². The van der Waals surface area contributed by atoms with Gasteiger partial charge in [-0.25, -0.2) is 0 Å². The predicted octanol–water partition coefficient (Wildman–Crippen LogP) is 3.12. The second-order valence-corrected chi connectivity index (χ2v) is 4.93. The Morgan fingerprint density at radius 3 is 2.85 bits per heavy atom. The lowest BCUT2D eigenvalue weighted by Crippen LogP contribution is -2.37. The number of hydrogen-bond acceptors (Lipinski definition) is 1. The van der Waals surface area contributed by atoms with Crippen LogP contribution in [0.15, 0.2) is 12.2 Å². The topological polar surface area (TPSA) is 12.0 Å². The molecular weight excluding hydrogens is 158 g/mol. The van der Waals surface area contributed by atoms with Crippen molar-refractivity contribution in [1.29, 1.82) is 0 Å². The quantitative estimate of drug-likeness (QED) is 0.660. The Bertz CT molecular complexity index is 170. The van der Waals surface area contributed by atoms with E-state index in [0.717, 1.165) is 12.6 Å². The summed E-state index contributed by atoms with van der Waals surface area (Å²) in [7, 11) is 0. The Balaban J connectivity index is 2.26. The first kappa shape index (κ1) is 10.8. The molecule has 0 spiro atoms. The van der Waals surface area contributed by atoms with Crippen LogP contribution in [0, 0.1) is 5.41 Å². The van der Waals surface area contributed by atoms with Gasteiger partial charge >= 0.3 is 0 Å². The van der Waals surface area contributed by atoms with E-state index in [1.54, 1.807) is 0 Å². The van der Waals surface area contributed by atoms with Gasteiger partial charge in [-0.3, -0.25) is 0 Å². The Kier molecular flexibility index (Phi) is 3.98. The van der Waals surface area contributed by atoms with Gasteiger partial charge in [0.15, 0.2) is 0 Å². The molecule has 13 heavy (non-hydrogen) atoms. The Morgan fingerprint density at radius 2 is 2.23 bits per heavy atom. The fourth-order valence-electron chi connectivity index (χ4n) is 2.22. The average molecular weight is 181 g/mol. The molecule has 0 aliphatic heterocycles.